The van der Waals surface area contributed by atoms with Crippen molar-refractivity contribution < 1.29 is 14.7 Å². The minimum atomic E-state index is -0.658. The Labute approximate surface area is 81.2 Å². The summed E-state index contributed by atoms with van der Waals surface area (Å²) in [5.74, 6) is 0.432. The van der Waals surface area contributed by atoms with Crippen LogP contribution in [-0.2, 0) is 9.59 Å². The minimum Gasteiger partial charge on any atom is -0.396 e. The predicted molar refractivity (Wildman–Crippen MR) is 51.7 cm³/mol. The molecule has 3 nitrogen and oxygen atoms in total. The van der Waals surface area contributed by atoms with Crippen molar-refractivity contribution in [2.24, 2.45) is 0 Å². The Morgan fingerprint density at radius 1 is 1.54 bits per heavy atom. The first-order chi connectivity index (χ1) is 6.08. The van der Waals surface area contributed by atoms with E-state index in [-0.39, 0.29) is 24.6 Å². The fourth-order valence-corrected chi connectivity index (χ4v) is 2.21. The highest BCUT2D eigenvalue weighted by Gasteiger charge is 2.36. The fourth-order valence-electron chi connectivity index (χ4n) is 1.22. The predicted octanol–water partition coefficient (Wildman–Crippen LogP) is 0.569. The zero-order chi connectivity index (χ0) is 9.90. The number of allylic oxidation sites excluding steroid dienone is 2. The van der Waals surface area contributed by atoms with Gasteiger partial charge in [0.2, 0.25) is 0 Å². The van der Waals surface area contributed by atoms with Gasteiger partial charge < -0.3 is 5.11 Å². The number of aliphatic hydroxyl groups excluding tert-OH is 1. The molecule has 0 aromatic rings. The number of rotatable bonds is 3. The molecule has 1 atom stereocenters. The molecule has 1 aliphatic rings. The summed E-state index contributed by atoms with van der Waals surface area (Å²) in [6.45, 7) is 1.78. The minimum absolute atomic E-state index is 0.0208. The van der Waals surface area contributed by atoms with Crippen LogP contribution in [0.1, 0.15) is 13.3 Å². The highest BCUT2D eigenvalue weighted by Crippen LogP contribution is 2.32. The van der Waals surface area contributed by atoms with Crippen LogP contribution in [0.5, 0.6) is 0 Å². The van der Waals surface area contributed by atoms with Crippen LogP contribution in [0.25, 0.3) is 0 Å². The molecule has 0 aliphatic heterocycles. The molecule has 4 heteroatoms. The van der Waals surface area contributed by atoms with Gasteiger partial charge in [-0.05, 0) is 19.1 Å². The number of thioether (sulfide) groups is 1. The molecule has 72 valence electrons. The average Bonchev–Trinajstić information content (AvgIpc) is 2.09. The third kappa shape index (κ3) is 2.42. The molecule has 0 radical (unpaired) electrons. The van der Waals surface area contributed by atoms with Crippen molar-refractivity contribution in [3.05, 3.63) is 12.2 Å². The second-order valence-corrected chi connectivity index (χ2v) is 4.74. The number of carbonyl (C=O) groups excluding carboxylic acids is 2. The lowest BCUT2D eigenvalue weighted by Gasteiger charge is -2.27. The normalized spacial score (nSPS) is 28.2. The van der Waals surface area contributed by atoms with Crippen LogP contribution in [0.15, 0.2) is 12.2 Å². The molecule has 0 fully saturated rings. The maximum absolute atomic E-state index is 11.4. The van der Waals surface area contributed by atoms with Gasteiger partial charge in [-0.25, -0.2) is 0 Å². The van der Waals surface area contributed by atoms with Gasteiger partial charge in [-0.1, -0.05) is 0 Å². The van der Waals surface area contributed by atoms with Gasteiger partial charge >= 0.3 is 0 Å². The summed E-state index contributed by atoms with van der Waals surface area (Å²) in [7, 11) is 0. The molecule has 0 aromatic carbocycles. The van der Waals surface area contributed by atoms with E-state index in [0.29, 0.717) is 5.75 Å². The van der Waals surface area contributed by atoms with Crippen molar-refractivity contribution in [1.29, 1.82) is 0 Å². The Bertz CT molecular complexity index is 260. The van der Waals surface area contributed by atoms with Gasteiger partial charge in [0.1, 0.15) is 0 Å². The van der Waals surface area contributed by atoms with E-state index in [1.807, 2.05) is 0 Å². The molecule has 0 aromatic heterocycles. The van der Waals surface area contributed by atoms with E-state index in [9.17, 15) is 9.59 Å². The van der Waals surface area contributed by atoms with Crippen molar-refractivity contribution in [3.8, 4) is 0 Å². The number of hydrogen-bond donors (Lipinski definition) is 1. The molecule has 0 bridgehead atoms. The number of hydrogen-bond acceptors (Lipinski definition) is 4. The standard InChI is InChI=1S/C9H12O3S/c1-9(13-5-4-10)6-7(11)2-3-8(9)12/h2-3,10H,4-6H2,1H3. The van der Waals surface area contributed by atoms with Crippen LogP contribution in [-0.4, -0.2) is 33.8 Å². The summed E-state index contributed by atoms with van der Waals surface area (Å²) < 4.78 is -0.658. The molecule has 1 rings (SSSR count). The number of aliphatic hydroxyl groups is 1. The third-order valence-electron chi connectivity index (χ3n) is 1.97. The molecule has 0 amide bonds. The van der Waals surface area contributed by atoms with Gasteiger partial charge in [0, 0.05) is 12.2 Å². The van der Waals surface area contributed by atoms with Gasteiger partial charge in [0.15, 0.2) is 11.6 Å². The first kappa shape index (κ1) is 10.5. The molecule has 1 N–H and O–H groups in total. The Kier molecular flexibility index (Phi) is 3.27. The van der Waals surface area contributed by atoms with Crippen molar-refractivity contribution in [3.63, 3.8) is 0 Å². The zero-order valence-corrected chi connectivity index (χ0v) is 8.26. The topological polar surface area (TPSA) is 54.4 Å². The van der Waals surface area contributed by atoms with Crippen LogP contribution in [0.4, 0.5) is 0 Å². The molecular weight excluding hydrogens is 188 g/mol. The lowest BCUT2D eigenvalue weighted by atomic mass is 9.93. The first-order valence-electron chi connectivity index (χ1n) is 4.09. The summed E-state index contributed by atoms with van der Waals surface area (Å²) in [4.78, 5) is 22.5. The van der Waals surface area contributed by atoms with Gasteiger partial charge in [0.05, 0.1) is 11.4 Å². The van der Waals surface area contributed by atoms with Crippen molar-refractivity contribution >= 4 is 23.3 Å². The number of carbonyl (C=O) groups is 2. The van der Waals surface area contributed by atoms with Gasteiger partial charge in [-0.2, -0.15) is 0 Å². The summed E-state index contributed by atoms with van der Waals surface area (Å²) in [6, 6.07) is 0. The molecule has 0 heterocycles. The van der Waals surface area contributed by atoms with Crippen LogP contribution < -0.4 is 0 Å². The van der Waals surface area contributed by atoms with Gasteiger partial charge in [0.25, 0.3) is 0 Å². The number of ketones is 2. The Balaban J connectivity index is 2.71. The van der Waals surface area contributed by atoms with E-state index in [4.69, 9.17) is 5.11 Å². The van der Waals surface area contributed by atoms with Gasteiger partial charge in [-0.15, -0.1) is 11.8 Å². The van der Waals surface area contributed by atoms with E-state index in [1.165, 1.54) is 23.9 Å². The first-order valence-corrected chi connectivity index (χ1v) is 5.07. The average molecular weight is 200 g/mol. The second kappa shape index (κ2) is 4.07. The van der Waals surface area contributed by atoms with Crippen LogP contribution >= 0.6 is 11.8 Å². The maximum atomic E-state index is 11.4. The van der Waals surface area contributed by atoms with E-state index in [1.54, 1.807) is 6.92 Å². The van der Waals surface area contributed by atoms with Gasteiger partial charge in [-0.3, -0.25) is 9.59 Å². The Morgan fingerprint density at radius 3 is 2.85 bits per heavy atom. The Morgan fingerprint density at radius 2 is 2.23 bits per heavy atom. The van der Waals surface area contributed by atoms with Crippen LogP contribution in [0.2, 0.25) is 0 Å². The molecule has 0 spiro atoms. The Hall–Kier alpha value is -0.610. The van der Waals surface area contributed by atoms with E-state index in [0.717, 1.165) is 0 Å². The third-order valence-corrected chi connectivity index (χ3v) is 3.33. The van der Waals surface area contributed by atoms with Crippen LogP contribution in [0.3, 0.4) is 0 Å². The van der Waals surface area contributed by atoms with Crippen LogP contribution in [0, 0.1) is 0 Å². The molecule has 1 aliphatic carbocycles. The monoisotopic (exact) mass is 200 g/mol. The zero-order valence-electron chi connectivity index (χ0n) is 7.45. The lowest BCUT2D eigenvalue weighted by Crippen LogP contribution is -2.36. The molecule has 13 heavy (non-hydrogen) atoms. The second-order valence-electron chi connectivity index (χ2n) is 3.14. The highest BCUT2D eigenvalue weighted by molar-refractivity contribution is 8.01. The van der Waals surface area contributed by atoms with Crippen molar-refractivity contribution in [2.75, 3.05) is 12.4 Å². The van der Waals surface area contributed by atoms with Crippen molar-refractivity contribution in [2.45, 2.75) is 18.1 Å². The SMILES string of the molecule is CC1(SCCO)CC(=O)C=CC1=O. The summed E-state index contributed by atoms with van der Waals surface area (Å²) in [5.41, 5.74) is 0. The summed E-state index contributed by atoms with van der Waals surface area (Å²) in [6.07, 6.45) is 2.90. The van der Waals surface area contributed by atoms with E-state index >= 15 is 0 Å². The lowest BCUT2D eigenvalue weighted by molar-refractivity contribution is -0.122. The summed E-state index contributed by atoms with van der Waals surface area (Å²) in [5, 5.41) is 8.63. The van der Waals surface area contributed by atoms with Crippen molar-refractivity contribution in [1.82, 2.24) is 0 Å². The van der Waals surface area contributed by atoms with E-state index in [2.05, 4.69) is 0 Å². The smallest absolute Gasteiger partial charge is 0.171 e. The van der Waals surface area contributed by atoms with E-state index < -0.39 is 4.75 Å². The largest absolute Gasteiger partial charge is 0.396 e. The summed E-state index contributed by atoms with van der Waals surface area (Å²) >= 11 is 1.34. The molecule has 0 saturated heterocycles. The fraction of sp³-hybridized carbons (Fsp3) is 0.556. The molecule has 1 unspecified atom stereocenters. The quantitative estimate of drug-likeness (QED) is 0.723. The maximum Gasteiger partial charge on any atom is 0.171 e. The highest BCUT2D eigenvalue weighted by atomic mass is 32.2. The molecule has 0 saturated carbocycles. The molecular formula is C9H12O3S.